The number of rotatable bonds is 7. The highest BCUT2D eigenvalue weighted by Crippen LogP contribution is 2.41. The molecular weight excluding hydrogens is 528 g/mol. The largest absolute Gasteiger partial charge is 0.445 e. The van der Waals surface area contributed by atoms with Gasteiger partial charge in [-0.05, 0) is 56.2 Å². The average Bonchev–Trinajstić information content (AvgIpc) is 3.21. The molecule has 0 spiro atoms. The van der Waals surface area contributed by atoms with Crippen molar-refractivity contribution in [2.45, 2.75) is 69.4 Å². The lowest BCUT2D eigenvalue weighted by Crippen LogP contribution is -2.54. The fourth-order valence-corrected chi connectivity index (χ4v) is 5.92. The van der Waals surface area contributed by atoms with Crippen LogP contribution >= 0.6 is 0 Å². The average molecular weight is 561 g/mol. The van der Waals surface area contributed by atoms with E-state index in [9.17, 15) is 24.0 Å². The van der Waals surface area contributed by atoms with E-state index < -0.39 is 35.4 Å². The molecule has 2 aromatic carbocycles. The van der Waals surface area contributed by atoms with Gasteiger partial charge in [-0.2, -0.15) is 0 Å². The monoisotopic (exact) mass is 560 g/mol. The molecule has 1 unspecified atom stereocenters. The summed E-state index contributed by atoms with van der Waals surface area (Å²) in [6.07, 6.45) is 3.45. The number of piperidine rings is 2. The molecule has 2 N–H and O–H groups in total. The Balaban J connectivity index is 1.09. The number of amides is 5. The normalized spacial score (nSPS) is 22.2. The number of ether oxygens (including phenoxy) is 2. The first kappa shape index (κ1) is 26.9. The Morgan fingerprint density at radius 3 is 2.39 bits per heavy atom. The number of nitrogens with one attached hydrogen (secondary N) is 2. The molecule has 0 bridgehead atoms. The smallest absolute Gasteiger partial charge is 0.410 e. The Morgan fingerprint density at radius 1 is 0.951 bits per heavy atom. The van der Waals surface area contributed by atoms with Crippen LogP contribution in [-0.2, 0) is 25.7 Å². The molecule has 1 aliphatic carbocycles. The lowest BCUT2D eigenvalue weighted by molar-refractivity contribution is -0.136. The summed E-state index contributed by atoms with van der Waals surface area (Å²) in [6.45, 7) is 1.26. The van der Waals surface area contributed by atoms with Gasteiger partial charge in [-0.1, -0.05) is 36.4 Å². The number of carbonyl (C=O) groups excluding carboxylic acids is 5. The molecule has 3 aliphatic heterocycles. The third-order valence-electron chi connectivity index (χ3n) is 8.29. The molecule has 0 aromatic heterocycles. The van der Waals surface area contributed by atoms with E-state index >= 15 is 0 Å². The molecule has 0 radical (unpaired) electrons. The number of anilines is 1. The molecule has 3 fully saturated rings. The highest BCUT2D eigenvalue weighted by atomic mass is 16.6. The molecular formula is C30H32N4O7. The zero-order valence-electron chi connectivity index (χ0n) is 22.6. The van der Waals surface area contributed by atoms with Crippen LogP contribution in [0.1, 0.15) is 71.2 Å². The minimum atomic E-state index is -1.02. The van der Waals surface area contributed by atoms with Crippen LogP contribution in [0.4, 0.5) is 10.5 Å². The van der Waals surface area contributed by atoms with Crippen molar-refractivity contribution in [3.05, 3.63) is 65.2 Å². The second-order valence-corrected chi connectivity index (χ2v) is 11.0. The summed E-state index contributed by atoms with van der Waals surface area (Å²) in [4.78, 5) is 66.0. The molecule has 11 heteroatoms. The van der Waals surface area contributed by atoms with Gasteiger partial charge in [0.25, 0.3) is 11.8 Å². The maximum atomic E-state index is 13.5. The molecule has 11 nitrogen and oxygen atoms in total. The van der Waals surface area contributed by atoms with Gasteiger partial charge in [-0.3, -0.25) is 29.4 Å². The van der Waals surface area contributed by atoms with Gasteiger partial charge in [0.1, 0.15) is 18.4 Å². The second-order valence-electron chi connectivity index (χ2n) is 11.0. The number of fused-ring (bicyclic) bond motifs is 1. The van der Waals surface area contributed by atoms with Crippen molar-refractivity contribution in [1.82, 2.24) is 15.1 Å². The van der Waals surface area contributed by atoms with Gasteiger partial charge in [0.2, 0.25) is 11.8 Å². The molecule has 3 heterocycles. The number of imide groups is 2. The van der Waals surface area contributed by atoms with Crippen LogP contribution in [0.15, 0.2) is 48.5 Å². The van der Waals surface area contributed by atoms with E-state index in [0.29, 0.717) is 31.6 Å². The van der Waals surface area contributed by atoms with Crippen molar-refractivity contribution < 1.29 is 33.4 Å². The zero-order chi connectivity index (χ0) is 28.6. The topological polar surface area (TPSA) is 134 Å². The summed E-state index contributed by atoms with van der Waals surface area (Å²) in [7, 11) is 0. The van der Waals surface area contributed by atoms with Gasteiger partial charge in [0, 0.05) is 25.2 Å². The van der Waals surface area contributed by atoms with Gasteiger partial charge in [0.05, 0.1) is 17.2 Å². The van der Waals surface area contributed by atoms with Crippen molar-refractivity contribution in [2.24, 2.45) is 0 Å². The van der Waals surface area contributed by atoms with Gasteiger partial charge < -0.3 is 19.7 Å². The van der Waals surface area contributed by atoms with Crippen LogP contribution in [0.25, 0.3) is 0 Å². The molecule has 41 heavy (non-hydrogen) atoms. The SMILES string of the molecule is O=C1CCC(N2C(=O)c3cccc(NC4(OC5CCN(C(=O)OCc6ccccc6)CC5)CCC4)c3C2=O)C(=O)N1. The van der Waals surface area contributed by atoms with E-state index in [0.717, 1.165) is 29.7 Å². The Morgan fingerprint density at radius 2 is 1.71 bits per heavy atom. The summed E-state index contributed by atoms with van der Waals surface area (Å²) in [5.74, 6) is -2.15. The second kappa shape index (κ2) is 11.0. The highest BCUT2D eigenvalue weighted by Gasteiger charge is 2.47. The van der Waals surface area contributed by atoms with Gasteiger partial charge in [-0.15, -0.1) is 0 Å². The number of hydrogen-bond acceptors (Lipinski definition) is 8. The molecule has 214 valence electrons. The summed E-state index contributed by atoms with van der Waals surface area (Å²) in [5, 5.41) is 5.65. The maximum absolute atomic E-state index is 13.5. The lowest BCUT2D eigenvalue weighted by atomic mass is 9.86. The molecule has 1 atom stereocenters. The molecule has 1 saturated carbocycles. The Kier molecular flexibility index (Phi) is 7.21. The van der Waals surface area contributed by atoms with Crippen LogP contribution in [-0.4, -0.2) is 70.5 Å². The number of nitrogens with zero attached hydrogens (tertiary/aromatic N) is 2. The van der Waals surface area contributed by atoms with E-state index in [2.05, 4.69) is 10.6 Å². The minimum Gasteiger partial charge on any atom is -0.445 e. The first-order valence-electron chi connectivity index (χ1n) is 14.1. The predicted octanol–water partition coefficient (Wildman–Crippen LogP) is 3.20. The van der Waals surface area contributed by atoms with Crippen molar-refractivity contribution in [2.75, 3.05) is 18.4 Å². The van der Waals surface area contributed by atoms with E-state index in [1.165, 1.54) is 0 Å². The van der Waals surface area contributed by atoms with Gasteiger partial charge >= 0.3 is 6.09 Å². The van der Waals surface area contributed by atoms with Crippen molar-refractivity contribution in [3.63, 3.8) is 0 Å². The molecule has 5 amide bonds. The Hall–Kier alpha value is -4.25. The summed E-state index contributed by atoms with van der Waals surface area (Å²) < 4.78 is 12.0. The van der Waals surface area contributed by atoms with Crippen LogP contribution in [0, 0.1) is 0 Å². The standard InChI is InChI=1S/C30H32N4O7/c35-24-11-10-23(26(36)31-24)34-27(37)21-8-4-9-22(25(21)28(34)38)32-30(14-5-15-30)41-20-12-16-33(17-13-20)29(39)40-18-19-6-2-1-3-7-19/h1-4,6-9,20,23,32H,5,10-18H2,(H,31,35,36). The first-order chi connectivity index (χ1) is 19.8. The number of hydrogen-bond donors (Lipinski definition) is 2. The predicted molar refractivity (Wildman–Crippen MR) is 146 cm³/mol. The Labute approximate surface area is 237 Å². The fraction of sp³-hybridized carbons (Fsp3) is 0.433. The van der Waals surface area contributed by atoms with Crippen molar-refractivity contribution >= 4 is 35.4 Å². The third-order valence-corrected chi connectivity index (χ3v) is 8.29. The maximum Gasteiger partial charge on any atom is 0.410 e. The highest BCUT2D eigenvalue weighted by molar-refractivity contribution is 6.25. The summed E-state index contributed by atoms with van der Waals surface area (Å²) >= 11 is 0. The number of benzene rings is 2. The van der Waals surface area contributed by atoms with Gasteiger partial charge in [-0.25, -0.2) is 4.79 Å². The number of carbonyl (C=O) groups is 5. The summed E-state index contributed by atoms with van der Waals surface area (Å²) in [5.41, 5.74) is 1.16. The van der Waals surface area contributed by atoms with Crippen molar-refractivity contribution in [1.29, 1.82) is 0 Å². The van der Waals surface area contributed by atoms with E-state index in [-0.39, 0.29) is 42.8 Å². The van der Waals surface area contributed by atoms with Gasteiger partial charge in [0.15, 0.2) is 0 Å². The first-order valence-corrected chi connectivity index (χ1v) is 14.1. The lowest BCUT2D eigenvalue weighted by Gasteiger charge is -2.46. The zero-order valence-corrected chi connectivity index (χ0v) is 22.6. The van der Waals surface area contributed by atoms with Crippen LogP contribution in [0.2, 0.25) is 0 Å². The minimum absolute atomic E-state index is 0.0649. The molecule has 4 aliphatic rings. The molecule has 2 saturated heterocycles. The van der Waals surface area contributed by atoms with E-state index in [4.69, 9.17) is 9.47 Å². The van der Waals surface area contributed by atoms with E-state index in [1.807, 2.05) is 30.3 Å². The molecule has 6 rings (SSSR count). The van der Waals surface area contributed by atoms with E-state index in [1.54, 1.807) is 23.1 Å². The third kappa shape index (κ3) is 5.29. The van der Waals surface area contributed by atoms with Crippen molar-refractivity contribution in [3.8, 4) is 0 Å². The quantitative estimate of drug-likeness (QED) is 0.390. The van der Waals surface area contributed by atoms with Crippen LogP contribution < -0.4 is 10.6 Å². The number of likely N-dealkylation sites (tertiary alicyclic amines) is 1. The van der Waals surface area contributed by atoms with Crippen LogP contribution in [0.5, 0.6) is 0 Å². The summed E-state index contributed by atoms with van der Waals surface area (Å²) in [6, 6.07) is 13.5. The van der Waals surface area contributed by atoms with Crippen LogP contribution in [0.3, 0.4) is 0 Å². The Bertz CT molecular complexity index is 1380. The fourth-order valence-electron chi connectivity index (χ4n) is 5.92. The molecule has 2 aromatic rings.